The number of piperidine rings is 1. The summed E-state index contributed by atoms with van der Waals surface area (Å²) in [6.45, 7) is 10.2. The van der Waals surface area contributed by atoms with Gasteiger partial charge in [0.05, 0.1) is 0 Å². The zero-order chi connectivity index (χ0) is 15.5. The first-order chi connectivity index (χ1) is 10.6. The van der Waals surface area contributed by atoms with Crippen LogP contribution in [0.2, 0.25) is 0 Å². The molecular weight excluding hydrogens is 276 g/mol. The minimum absolute atomic E-state index is 0.384. The molecule has 0 saturated carbocycles. The summed E-state index contributed by atoms with van der Waals surface area (Å²) in [5, 5.41) is 0. The number of likely N-dealkylation sites (N-methyl/N-ethyl adjacent to an activating group) is 1. The molecule has 0 bridgehead atoms. The van der Waals surface area contributed by atoms with Gasteiger partial charge >= 0.3 is 0 Å². The summed E-state index contributed by atoms with van der Waals surface area (Å²) < 4.78 is 0. The number of hydrogen-bond acceptors (Lipinski definition) is 6. The average Bonchev–Trinajstić information content (AvgIpc) is 2.49. The SMILES string of the molecule is Cc1cc(N2CCC(CN3CCN(C)CC3)CC2)nc(N)n1. The lowest BCUT2D eigenvalue weighted by Crippen LogP contribution is -2.47. The topological polar surface area (TPSA) is 61.5 Å². The highest BCUT2D eigenvalue weighted by Crippen LogP contribution is 2.23. The van der Waals surface area contributed by atoms with Crippen molar-refractivity contribution in [3.63, 3.8) is 0 Å². The van der Waals surface area contributed by atoms with Crippen LogP contribution in [0.25, 0.3) is 0 Å². The first-order valence-corrected chi connectivity index (χ1v) is 8.37. The van der Waals surface area contributed by atoms with Crippen LogP contribution >= 0.6 is 0 Å². The maximum Gasteiger partial charge on any atom is 0.222 e. The van der Waals surface area contributed by atoms with E-state index in [-0.39, 0.29) is 0 Å². The van der Waals surface area contributed by atoms with Gasteiger partial charge in [-0.1, -0.05) is 0 Å². The molecule has 2 aliphatic heterocycles. The fourth-order valence-corrected chi connectivity index (χ4v) is 3.48. The molecule has 22 heavy (non-hydrogen) atoms. The van der Waals surface area contributed by atoms with Gasteiger partial charge in [-0.3, -0.25) is 0 Å². The molecule has 2 aliphatic rings. The Hall–Kier alpha value is -1.40. The highest BCUT2D eigenvalue weighted by Gasteiger charge is 2.24. The number of hydrogen-bond donors (Lipinski definition) is 1. The summed E-state index contributed by atoms with van der Waals surface area (Å²) in [5.41, 5.74) is 6.72. The van der Waals surface area contributed by atoms with Gasteiger partial charge in [-0.2, -0.15) is 4.98 Å². The van der Waals surface area contributed by atoms with E-state index >= 15 is 0 Å². The van der Waals surface area contributed by atoms with Crippen LogP contribution in [0, 0.1) is 12.8 Å². The second-order valence-corrected chi connectivity index (χ2v) is 6.76. The molecule has 1 aromatic rings. The van der Waals surface area contributed by atoms with Gasteiger partial charge in [-0.15, -0.1) is 0 Å². The lowest BCUT2D eigenvalue weighted by molar-refractivity contribution is 0.129. The number of rotatable bonds is 3. The predicted molar refractivity (Wildman–Crippen MR) is 90.1 cm³/mol. The van der Waals surface area contributed by atoms with Crippen LogP contribution in [0.4, 0.5) is 11.8 Å². The first kappa shape index (κ1) is 15.5. The molecule has 0 radical (unpaired) electrons. The number of aryl methyl sites for hydroxylation is 1. The quantitative estimate of drug-likeness (QED) is 0.892. The maximum absolute atomic E-state index is 5.77. The third-order valence-electron chi connectivity index (χ3n) is 4.91. The van der Waals surface area contributed by atoms with Crippen LogP contribution in [0.15, 0.2) is 6.07 Å². The van der Waals surface area contributed by atoms with E-state index < -0.39 is 0 Å². The van der Waals surface area contributed by atoms with Gasteiger partial charge in [-0.25, -0.2) is 4.98 Å². The van der Waals surface area contributed by atoms with Crippen molar-refractivity contribution in [3.05, 3.63) is 11.8 Å². The van der Waals surface area contributed by atoms with E-state index in [1.54, 1.807) is 0 Å². The minimum Gasteiger partial charge on any atom is -0.368 e. The smallest absolute Gasteiger partial charge is 0.222 e. The van der Waals surface area contributed by atoms with E-state index in [4.69, 9.17) is 5.73 Å². The van der Waals surface area contributed by atoms with Gasteiger partial charge in [0.2, 0.25) is 5.95 Å². The molecule has 3 heterocycles. The van der Waals surface area contributed by atoms with Crippen molar-refractivity contribution >= 4 is 11.8 Å². The van der Waals surface area contributed by atoms with Crippen LogP contribution in [0.3, 0.4) is 0 Å². The Balaban J connectivity index is 1.50. The molecule has 2 N–H and O–H groups in total. The van der Waals surface area contributed by atoms with E-state index in [2.05, 4.69) is 31.7 Å². The predicted octanol–water partition coefficient (Wildman–Crippen LogP) is 0.831. The monoisotopic (exact) mass is 304 g/mol. The van der Waals surface area contributed by atoms with Gasteiger partial charge in [0.15, 0.2) is 0 Å². The lowest BCUT2D eigenvalue weighted by Gasteiger charge is -2.38. The van der Waals surface area contributed by atoms with Gasteiger partial charge in [0.1, 0.15) is 5.82 Å². The van der Waals surface area contributed by atoms with E-state index in [0.29, 0.717) is 5.95 Å². The third kappa shape index (κ3) is 3.87. The fraction of sp³-hybridized carbons (Fsp3) is 0.750. The molecule has 2 fully saturated rings. The molecule has 6 nitrogen and oxygen atoms in total. The number of aromatic nitrogens is 2. The van der Waals surface area contributed by atoms with E-state index in [1.807, 2.05) is 13.0 Å². The maximum atomic E-state index is 5.77. The van der Waals surface area contributed by atoms with Crippen molar-refractivity contribution in [2.45, 2.75) is 19.8 Å². The van der Waals surface area contributed by atoms with Crippen LogP contribution in [-0.4, -0.2) is 72.6 Å². The van der Waals surface area contributed by atoms with Crippen molar-refractivity contribution in [1.29, 1.82) is 0 Å². The first-order valence-electron chi connectivity index (χ1n) is 8.37. The van der Waals surface area contributed by atoms with Gasteiger partial charge in [0.25, 0.3) is 0 Å². The Kier molecular flexibility index (Phi) is 4.78. The zero-order valence-electron chi connectivity index (χ0n) is 13.8. The lowest BCUT2D eigenvalue weighted by atomic mass is 9.96. The second-order valence-electron chi connectivity index (χ2n) is 6.76. The molecule has 0 atom stereocenters. The minimum atomic E-state index is 0.384. The molecule has 1 aromatic heterocycles. The Bertz CT molecular complexity index is 469. The molecule has 122 valence electrons. The van der Waals surface area contributed by atoms with Crippen molar-refractivity contribution in [3.8, 4) is 0 Å². The Morgan fingerprint density at radius 1 is 1.09 bits per heavy atom. The molecule has 6 heteroatoms. The van der Waals surface area contributed by atoms with Crippen LogP contribution < -0.4 is 10.6 Å². The highest BCUT2D eigenvalue weighted by atomic mass is 15.3. The largest absolute Gasteiger partial charge is 0.368 e. The summed E-state index contributed by atoms with van der Waals surface area (Å²) in [7, 11) is 2.21. The summed E-state index contributed by atoms with van der Waals surface area (Å²) in [4.78, 5) is 15.9. The molecule has 0 spiro atoms. The van der Waals surface area contributed by atoms with Crippen molar-refractivity contribution in [1.82, 2.24) is 19.8 Å². The van der Waals surface area contributed by atoms with Gasteiger partial charge in [-0.05, 0) is 32.7 Å². The fourth-order valence-electron chi connectivity index (χ4n) is 3.48. The van der Waals surface area contributed by atoms with E-state index in [0.717, 1.165) is 30.5 Å². The van der Waals surface area contributed by atoms with Crippen molar-refractivity contribution in [2.75, 3.05) is 63.5 Å². The molecule has 0 aromatic carbocycles. The third-order valence-corrected chi connectivity index (χ3v) is 4.91. The summed E-state index contributed by atoms with van der Waals surface area (Å²) in [6.07, 6.45) is 2.49. The van der Waals surface area contributed by atoms with Crippen molar-refractivity contribution < 1.29 is 0 Å². The number of piperazine rings is 1. The molecule has 0 aliphatic carbocycles. The summed E-state index contributed by atoms with van der Waals surface area (Å²) in [6, 6.07) is 2.04. The van der Waals surface area contributed by atoms with E-state index in [1.165, 1.54) is 45.6 Å². The zero-order valence-corrected chi connectivity index (χ0v) is 13.8. The Morgan fingerprint density at radius 3 is 2.41 bits per heavy atom. The van der Waals surface area contributed by atoms with Gasteiger partial charge < -0.3 is 20.4 Å². The highest BCUT2D eigenvalue weighted by molar-refractivity contribution is 5.43. The average molecular weight is 304 g/mol. The number of anilines is 2. The number of nitrogens with zero attached hydrogens (tertiary/aromatic N) is 5. The molecule has 0 unspecified atom stereocenters. The molecule has 2 saturated heterocycles. The van der Waals surface area contributed by atoms with Crippen LogP contribution in [-0.2, 0) is 0 Å². The van der Waals surface area contributed by atoms with E-state index in [9.17, 15) is 0 Å². The van der Waals surface area contributed by atoms with Crippen molar-refractivity contribution in [2.24, 2.45) is 5.92 Å². The molecule has 3 rings (SSSR count). The Morgan fingerprint density at radius 2 is 1.77 bits per heavy atom. The van der Waals surface area contributed by atoms with Crippen LogP contribution in [0.1, 0.15) is 18.5 Å². The molecule has 0 amide bonds. The normalized spacial score (nSPS) is 22.2. The summed E-state index contributed by atoms with van der Waals surface area (Å²) >= 11 is 0. The summed E-state index contributed by atoms with van der Waals surface area (Å²) in [5.74, 6) is 2.19. The molecular formula is C16H28N6. The number of nitrogens with two attached hydrogens (primary N) is 1. The second kappa shape index (κ2) is 6.79. The standard InChI is InChI=1S/C16H28N6/c1-13-11-15(19-16(17)18-13)22-5-3-14(4-6-22)12-21-9-7-20(2)8-10-21/h11,14H,3-10,12H2,1-2H3,(H2,17,18,19). The number of nitrogen functional groups attached to an aromatic ring is 1. The van der Waals surface area contributed by atoms with Gasteiger partial charge in [0, 0.05) is 57.6 Å². The Labute approximate surface area is 133 Å². The van der Waals surface area contributed by atoms with Crippen LogP contribution in [0.5, 0.6) is 0 Å².